The summed E-state index contributed by atoms with van der Waals surface area (Å²) in [6.45, 7) is 11.5. The molecule has 2 saturated heterocycles. The summed E-state index contributed by atoms with van der Waals surface area (Å²) in [4.78, 5) is 17.8. The van der Waals surface area contributed by atoms with E-state index in [9.17, 15) is 4.79 Å². The maximum atomic E-state index is 12.8. The van der Waals surface area contributed by atoms with Gasteiger partial charge >= 0.3 is 0 Å². The molecule has 2 heterocycles. The molecule has 0 aromatic heterocycles. The van der Waals surface area contributed by atoms with E-state index >= 15 is 0 Å². The number of aryl methyl sites for hydroxylation is 1. The number of hydrogen-bond donors (Lipinski definition) is 1. The number of amides is 1. The van der Waals surface area contributed by atoms with Crippen molar-refractivity contribution in [3.05, 3.63) is 70.8 Å². The summed E-state index contributed by atoms with van der Waals surface area (Å²) >= 11 is 0. The Balaban J connectivity index is 1.21. The van der Waals surface area contributed by atoms with Gasteiger partial charge in [0.25, 0.3) is 0 Å². The van der Waals surface area contributed by atoms with Crippen LogP contribution in [0.3, 0.4) is 0 Å². The Hall–Kier alpha value is -2.17. The predicted molar refractivity (Wildman–Crippen MR) is 131 cm³/mol. The van der Waals surface area contributed by atoms with Crippen molar-refractivity contribution in [3.8, 4) is 0 Å². The molecule has 2 aliphatic rings. The van der Waals surface area contributed by atoms with Gasteiger partial charge in [0.1, 0.15) is 0 Å². The smallest absolute Gasteiger partial charge is 0.223 e. The molecule has 0 radical (unpaired) electrons. The van der Waals surface area contributed by atoms with Gasteiger partial charge in [-0.3, -0.25) is 14.6 Å². The first-order valence-corrected chi connectivity index (χ1v) is 12.4. The van der Waals surface area contributed by atoms with Gasteiger partial charge in [-0.15, -0.1) is 0 Å². The van der Waals surface area contributed by atoms with Crippen LogP contribution in [0.5, 0.6) is 0 Å². The van der Waals surface area contributed by atoms with Gasteiger partial charge in [-0.1, -0.05) is 61.0 Å². The number of carbonyl (C=O) groups excluding carboxylic acids is 1. The van der Waals surface area contributed by atoms with Crippen molar-refractivity contribution in [2.45, 2.75) is 59.2 Å². The molecule has 0 spiro atoms. The Bertz CT molecular complexity index is 871. The third-order valence-corrected chi connectivity index (χ3v) is 7.09. The zero-order valence-electron chi connectivity index (χ0n) is 19.9. The molecule has 2 fully saturated rings. The molecule has 1 unspecified atom stereocenters. The van der Waals surface area contributed by atoms with Gasteiger partial charge < -0.3 is 5.32 Å². The number of nitrogens with zero attached hydrogens (tertiary/aromatic N) is 2. The minimum atomic E-state index is 0.141. The second-order valence-corrected chi connectivity index (χ2v) is 10.1. The molecule has 1 atom stereocenters. The second-order valence-electron chi connectivity index (χ2n) is 10.1. The van der Waals surface area contributed by atoms with Gasteiger partial charge in [-0.05, 0) is 74.8 Å². The molecule has 0 saturated carbocycles. The summed E-state index contributed by atoms with van der Waals surface area (Å²) in [5.41, 5.74) is 5.22. The standard InChI is InChI=1S/C28H39N3O/c1-22-8-10-24(11-9-22)20-30-15-12-27(13-16-30)28(32)29-18-25-6-3-7-26(17-25)21-31-14-4-5-23(2)19-31/h3,6-11,17,23,27H,4-5,12-16,18-21H2,1-2H3,(H,29,32). The van der Waals surface area contributed by atoms with Gasteiger partial charge in [-0.2, -0.15) is 0 Å². The molecule has 1 N–H and O–H groups in total. The van der Waals surface area contributed by atoms with Crippen LogP contribution < -0.4 is 5.32 Å². The van der Waals surface area contributed by atoms with Crippen molar-refractivity contribution in [1.29, 1.82) is 0 Å². The zero-order valence-corrected chi connectivity index (χ0v) is 19.9. The number of piperidine rings is 2. The van der Waals surface area contributed by atoms with Crippen molar-refractivity contribution in [3.63, 3.8) is 0 Å². The first-order chi connectivity index (χ1) is 15.5. The number of hydrogen-bond acceptors (Lipinski definition) is 3. The molecule has 2 aromatic carbocycles. The molecule has 2 aromatic rings. The molecule has 0 bridgehead atoms. The van der Waals surface area contributed by atoms with Crippen molar-refractivity contribution < 1.29 is 4.79 Å². The number of carbonyl (C=O) groups is 1. The molecule has 4 rings (SSSR count). The van der Waals surface area contributed by atoms with E-state index in [1.165, 1.54) is 48.2 Å². The molecule has 1 amide bonds. The highest BCUT2D eigenvalue weighted by molar-refractivity contribution is 5.78. The first kappa shape index (κ1) is 23.0. The predicted octanol–water partition coefficient (Wildman–Crippen LogP) is 4.76. The average molecular weight is 434 g/mol. The van der Waals surface area contributed by atoms with E-state index in [1.807, 2.05) is 0 Å². The fourth-order valence-electron chi connectivity index (χ4n) is 5.16. The summed E-state index contributed by atoms with van der Waals surface area (Å²) in [5, 5.41) is 3.21. The summed E-state index contributed by atoms with van der Waals surface area (Å²) < 4.78 is 0. The zero-order chi connectivity index (χ0) is 22.3. The van der Waals surface area contributed by atoms with Crippen molar-refractivity contribution in [2.24, 2.45) is 11.8 Å². The van der Waals surface area contributed by atoms with Gasteiger partial charge in [-0.25, -0.2) is 0 Å². The van der Waals surface area contributed by atoms with E-state index in [1.54, 1.807) is 0 Å². The van der Waals surface area contributed by atoms with E-state index in [0.29, 0.717) is 6.54 Å². The molecule has 4 nitrogen and oxygen atoms in total. The lowest BCUT2D eigenvalue weighted by Crippen LogP contribution is -2.40. The highest BCUT2D eigenvalue weighted by atomic mass is 16.1. The summed E-state index contributed by atoms with van der Waals surface area (Å²) in [6, 6.07) is 17.5. The molecule has 32 heavy (non-hydrogen) atoms. The Kier molecular flexibility index (Phi) is 7.99. The van der Waals surface area contributed by atoms with E-state index in [0.717, 1.165) is 44.9 Å². The lowest BCUT2D eigenvalue weighted by atomic mass is 9.95. The molecule has 0 aliphatic carbocycles. The first-order valence-electron chi connectivity index (χ1n) is 12.4. The normalized spacial score (nSPS) is 20.9. The lowest BCUT2D eigenvalue weighted by Gasteiger charge is -2.31. The average Bonchev–Trinajstić information content (AvgIpc) is 2.80. The Morgan fingerprint density at radius 1 is 0.906 bits per heavy atom. The van der Waals surface area contributed by atoms with Crippen LogP contribution >= 0.6 is 0 Å². The highest BCUT2D eigenvalue weighted by Crippen LogP contribution is 2.21. The minimum absolute atomic E-state index is 0.141. The second kappa shape index (κ2) is 11.1. The maximum absolute atomic E-state index is 12.8. The van der Waals surface area contributed by atoms with Crippen LogP contribution in [0, 0.1) is 18.8 Å². The molecule has 4 heteroatoms. The van der Waals surface area contributed by atoms with Crippen LogP contribution in [-0.2, 0) is 24.4 Å². The van der Waals surface area contributed by atoms with Crippen molar-refractivity contribution >= 4 is 5.91 Å². The third kappa shape index (κ3) is 6.66. The topological polar surface area (TPSA) is 35.6 Å². The number of benzene rings is 2. The van der Waals surface area contributed by atoms with Crippen LogP contribution in [-0.4, -0.2) is 41.9 Å². The van der Waals surface area contributed by atoms with Crippen molar-refractivity contribution in [2.75, 3.05) is 26.2 Å². The van der Waals surface area contributed by atoms with E-state index in [2.05, 4.69) is 77.5 Å². The maximum Gasteiger partial charge on any atom is 0.223 e. The van der Waals surface area contributed by atoms with Crippen LogP contribution in [0.1, 0.15) is 54.9 Å². The summed E-state index contributed by atoms with van der Waals surface area (Å²) in [7, 11) is 0. The lowest BCUT2D eigenvalue weighted by molar-refractivity contribution is -0.126. The van der Waals surface area contributed by atoms with Crippen LogP contribution in [0.25, 0.3) is 0 Å². The van der Waals surface area contributed by atoms with Gasteiger partial charge in [0.2, 0.25) is 5.91 Å². The van der Waals surface area contributed by atoms with Crippen molar-refractivity contribution in [1.82, 2.24) is 15.1 Å². The van der Waals surface area contributed by atoms with Crippen LogP contribution in [0.4, 0.5) is 0 Å². The third-order valence-electron chi connectivity index (χ3n) is 7.09. The fraction of sp³-hybridized carbons (Fsp3) is 0.536. The SMILES string of the molecule is Cc1ccc(CN2CCC(C(=O)NCc3cccc(CN4CCCC(C)C4)c3)CC2)cc1. The summed E-state index contributed by atoms with van der Waals surface area (Å²) in [6.07, 6.45) is 4.56. The van der Waals surface area contributed by atoms with Gasteiger partial charge in [0.15, 0.2) is 0 Å². The summed E-state index contributed by atoms with van der Waals surface area (Å²) in [5.74, 6) is 1.16. The van der Waals surface area contributed by atoms with Crippen LogP contribution in [0.2, 0.25) is 0 Å². The minimum Gasteiger partial charge on any atom is -0.352 e. The monoisotopic (exact) mass is 433 g/mol. The number of likely N-dealkylation sites (tertiary alicyclic amines) is 2. The fourth-order valence-corrected chi connectivity index (χ4v) is 5.16. The molecule has 172 valence electrons. The Morgan fingerprint density at radius 2 is 1.62 bits per heavy atom. The largest absolute Gasteiger partial charge is 0.352 e. The molecule has 2 aliphatic heterocycles. The van der Waals surface area contributed by atoms with E-state index in [-0.39, 0.29) is 11.8 Å². The van der Waals surface area contributed by atoms with Crippen LogP contribution in [0.15, 0.2) is 48.5 Å². The number of rotatable bonds is 7. The van der Waals surface area contributed by atoms with E-state index in [4.69, 9.17) is 0 Å². The Morgan fingerprint density at radius 3 is 2.38 bits per heavy atom. The molecular formula is C28H39N3O. The van der Waals surface area contributed by atoms with Gasteiger partial charge in [0, 0.05) is 32.1 Å². The molecular weight excluding hydrogens is 394 g/mol. The number of nitrogens with one attached hydrogen (secondary N) is 1. The van der Waals surface area contributed by atoms with E-state index < -0.39 is 0 Å². The highest BCUT2D eigenvalue weighted by Gasteiger charge is 2.24. The van der Waals surface area contributed by atoms with Gasteiger partial charge in [0.05, 0.1) is 0 Å². The quantitative estimate of drug-likeness (QED) is 0.684. The Labute approximate surface area is 194 Å².